The summed E-state index contributed by atoms with van der Waals surface area (Å²) in [6.07, 6.45) is -4.16. The van der Waals surface area contributed by atoms with Crippen molar-refractivity contribution in [3.05, 3.63) is 16.8 Å². The number of anilines is 1. The summed E-state index contributed by atoms with van der Waals surface area (Å²) in [5.41, 5.74) is 1.01. The number of rotatable bonds is 4. The summed E-state index contributed by atoms with van der Waals surface area (Å²) in [4.78, 5) is 2.05. The van der Waals surface area contributed by atoms with Crippen molar-refractivity contribution in [2.75, 3.05) is 24.5 Å². The number of aliphatic hydroxyl groups is 1. The number of piperidine rings is 1. The molecule has 0 aromatic carbocycles. The van der Waals surface area contributed by atoms with Crippen LogP contribution in [-0.4, -0.2) is 43.1 Å². The molecule has 7 heteroatoms. The Morgan fingerprint density at radius 1 is 1.50 bits per heavy atom. The maximum atomic E-state index is 12.3. The Kier molecular flexibility index (Phi) is 4.93. The lowest BCUT2D eigenvalue weighted by Crippen LogP contribution is -2.53. The minimum absolute atomic E-state index is 0.0191. The van der Waals surface area contributed by atoms with E-state index in [1.807, 2.05) is 21.7 Å². The SMILES string of the molecule is CC(O)C1CC(NCC(F)(F)F)CN(c2ccsc2)C1. The molecule has 1 aromatic heterocycles. The van der Waals surface area contributed by atoms with E-state index in [0.717, 1.165) is 5.69 Å². The maximum Gasteiger partial charge on any atom is 0.401 e. The van der Waals surface area contributed by atoms with Crippen molar-refractivity contribution >= 4 is 17.0 Å². The van der Waals surface area contributed by atoms with E-state index >= 15 is 0 Å². The molecule has 114 valence electrons. The molecule has 0 aliphatic carbocycles. The highest BCUT2D eigenvalue weighted by Gasteiger charge is 2.33. The zero-order valence-corrected chi connectivity index (χ0v) is 12.0. The van der Waals surface area contributed by atoms with E-state index in [1.165, 1.54) is 0 Å². The van der Waals surface area contributed by atoms with E-state index < -0.39 is 18.8 Å². The molecule has 0 saturated carbocycles. The topological polar surface area (TPSA) is 35.5 Å². The highest BCUT2D eigenvalue weighted by Crippen LogP contribution is 2.27. The second-order valence-electron chi connectivity index (χ2n) is 5.32. The molecule has 0 amide bonds. The van der Waals surface area contributed by atoms with E-state index in [4.69, 9.17) is 0 Å². The Morgan fingerprint density at radius 3 is 2.80 bits per heavy atom. The van der Waals surface area contributed by atoms with E-state index in [9.17, 15) is 18.3 Å². The minimum Gasteiger partial charge on any atom is -0.393 e. The van der Waals surface area contributed by atoms with Gasteiger partial charge in [-0.3, -0.25) is 0 Å². The van der Waals surface area contributed by atoms with Crippen molar-refractivity contribution < 1.29 is 18.3 Å². The number of hydrogen-bond acceptors (Lipinski definition) is 4. The largest absolute Gasteiger partial charge is 0.401 e. The predicted molar refractivity (Wildman–Crippen MR) is 74.2 cm³/mol. The van der Waals surface area contributed by atoms with Gasteiger partial charge in [-0.05, 0) is 24.8 Å². The molecule has 2 N–H and O–H groups in total. The van der Waals surface area contributed by atoms with Gasteiger partial charge in [-0.25, -0.2) is 0 Å². The van der Waals surface area contributed by atoms with Crippen molar-refractivity contribution in [3.63, 3.8) is 0 Å². The lowest BCUT2D eigenvalue weighted by Gasteiger charge is -2.40. The Labute approximate surface area is 120 Å². The van der Waals surface area contributed by atoms with Gasteiger partial charge in [0.1, 0.15) is 0 Å². The average molecular weight is 308 g/mol. The minimum atomic E-state index is -4.20. The second kappa shape index (κ2) is 6.32. The third-order valence-corrected chi connectivity index (χ3v) is 4.30. The van der Waals surface area contributed by atoms with Gasteiger partial charge >= 0.3 is 6.18 Å². The highest BCUT2D eigenvalue weighted by atomic mass is 32.1. The number of halogens is 3. The van der Waals surface area contributed by atoms with Crippen LogP contribution in [0, 0.1) is 5.92 Å². The third kappa shape index (κ3) is 4.36. The van der Waals surface area contributed by atoms with E-state index in [1.54, 1.807) is 18.3 Å². The van der Waals surface area contributed by atoms with Crippen LogP contribution < -0.4 is 10.2 Å². The summed E-state index contributed by atoms with van der Waals surface area (Å²) in [7, 11) is 0. The van der Waals surface area contributed by atoms with E-state index in [0.29, 0.717) is 19.5 Å². The number of thiophene rings is 1. The van der Waals surface area contributed by atoms with Crippen molar-refractivity contribution in [2.45, 2.75) is 31.7 Å². The Hall–Kier alpha value is -0.790. The van der Waals surface area contributed by atoms with Crippen LogP contribution in [0.1, 0.15) is 13.3 Å². The summed E-state index contributed by atoms with van der Waals surface area (Å²) >= 11 is 1.56. The van der Waals surface area contributed by atoms with Crippen molar-refractivity contribution in [3.8, 4) is 0 Å². The number of nitrogens with zero attached hydrogens (tertiary/aromatic N) is 1. The van der Waals surface area contributed by atoms with Crippen LogP contribution >= 0.6 is 11.3 Å². The number of alkyl halides is 3. The van der Waals surface area contributed by atoms with Gasteiger partial charge in [-0.2, -0.15) is 24.5 Å². The fourth-order valence-electron chi connectivity index (χ4n) is 2.54. The summed E-state index contributed by atoms with van der Waals surface area (Å²) in [6.45, 7) is 1.93. The monoisotopic (exact) mass is 308 g/mol. The Morgan fingerprint density at radius 2 is 2.25 bits per heavy atom. The smallest absolute Gasteiger partial charge is 0.393 e. The van der Waals surface area contributed by atoms with Gasteiger partial charge < -0.3 is 15.3 Å². The van der Waals surface area contributed by atoms with Crippen LogP contribution in [0.3, 0.4) is 0 Å². The summed E-state index contributed by atoms with van der Waals surface area (Å²) in [6, 6.07) is 1.69. The average Bonchev–Trinajstić information content (AvgIpc) is 2.89. The summed E-state index contributed by atoms with van der Waals surface area (Å²) < 4.78 is 36.9. The number of hydrogen-bond donors (Lipinski definition) is 2. The number of aliphatic hydroxyl groups excluding tert-OH is 1. The summed E-state index contributed by atoms with van der Waals surface area (Å²) in [5.74, 6) is -0.0191. The van der Waals surface area contributed by atoms with Crippen LogP contribution in [0.4, 0.5) is 18.9 Å². The van der Waals surface area contributed by atoms with Crippen molar-refractivity contribution in [1.82, 2.24) is 5.32 Å². The number of nitrogens with one attached hydrogen (secondary N) is 1. The van der Waals surface area contributed by atoms with Gasteiger partial charge in [0.05, 0.1) is 12.6 Å². The molecule has 0 spiro atoms. The molecule has 3 nitrogen and oxygen atoms in total. The van der Waals surface area contributed by atoms with Gasteiger partial charge in [-0.15, -0.1) is 0 Å². The van der Waals surface area contributed by atoms with Gasteiger partial charge in [0, 0.05) is 36.1 Å². The van der Waals surface area contributed by atoms with Crippen LogP contribution in [0.2, 0.25) is 0 Å². The first-order valence-electron chi connectivity index (χ1n) is 6.60. The van der Waals surface area contributed by atoms with Crippen molar-refractivity contribution in [2.24, 2.45) is 5.92 Å². The molecule has 2 rings (SSSR count). The molecule has 1 fully saturated rings. The van der Waals surface area contributed by atoms with Crippen molar-refractivity contribution in [1.29, 1.82) is 0 Å². The summed E-state index contributed by atoms with van der Waals surface area (Å²) in [5, 5.41) is 16.2. The molecule has 2 heterocycles. The molecule has 3 atom stereocenters. The zero-order valence-electron chi connectivity index (χ0n) is 11.2. The van der Waals surface area contributed by atoms with Crippen LogP contribution in [0.25, 0.3) is 0 Å². The van der Waals surface area contributed by atoms with E-state index in [-0.39, 0.29) is 12.0 Å². The molecule has 3 unspecified atom stereocenters. The van der Waals surface area contributed by atoms with Gasteiger partial charge in [0.25, 0.3) is 0 Å². The molecule has 1 saturated heterocycles. The normalized spacial score (nSPS) is 25.8. The van der Waals surface area contributed by atoms with Gasteiger partial charge in [-0.1, -0.05) is 0 Å². The van der Waals surface area contributed by atoms with Gasteiger partial charge in [0.15, 0.2) is 0 Å². The Balaban J connectivity index is 2.01. The molecule has 1 aliphatic heterocycles. The molecule has 0 radical (unpaired) electrons. The molecule has 1 aromatic rings. The molecule has 20 heavy (non-hydrogen) atoms. The molecule has 1 aliphatic rings. The van der Waals surface area contributed by atoms with Gasteiger partial charge in [0.2, 0.25) is 0 Å². The molecular weight excluding hydrogens is 289 g/mol. The highest BCUT2D eigenvalue weighted by molar-refractivity contribution is 7.08. The molecular formula is C13H19F3N2OS. The lowest BCUT2D eigenvalue weighted by atomic mass is 9.90. The third-order valence-electron chi connectivity index (χ3n) is 3.63. The fraction of sp³-hybridized carbons (Fsp3) is 0.692. The van der Waals surface area contributed by atoms with E-state index in [2.05, 4.69) is 5.32 Å². The molecule has 0 bridgehead atoms. The second-order valence-corrected chi connectivity index (χ2v) is 6.10. The van der Waals surface area contributed by atoms with Crippen LogP contribution in [-0.2, 0) is 0 Å². The first-order chi connectivity index (χ1) is 9.35. The first kappa shape index (κ1) is 15.6. The predicted octanol–water partition coefficient (Wildman–Crippen LogP) is 2.48. The van der Waals surface area contributed by atoms with Crippen LogP contribution in [0.15, 0.2) is 16.8 Å². The Bertz CT molecular complexity index is 408. The fourth-order valence-corrected chi connectivity index (χ4v) is 3.21. The standard InChI is InChI=1S/C13H19F3N2OS/c1-9(19)10-4-11(17-8-13(14,15)16)6-18(5-10)12-2-3-20-7-12/h2-3,7,9-11,17,19H,4-6,8H2,1H3. The first-order valence-corrected chi connectivity index (χ1v) is 7.55. The zero-order chi connectivity index (χ0) is 14.8. The quantitative estimate of drug-likeness (QED) is 0.897. The lowest BCUT2D eigenvalue weighted by molar-refractivity contribution is -0.126. The maximum absolute atomic E-state index is 12.3. The van der Waals surface area contributed by atoms with Crippen LogP contribution in [0.5, 0.6) is 0 Å².